The molecule has 1 atom stereocenters. The highest BCUT2D eigenvalue weighted by molar-refractivity contribution is 8.00. The minimum absolute atomic E-state index is 0.0634. The predicted octanol–water partition coefficient (Wildman–Crippen LogP) is 1.83. The molecule has 9 nitrogen and oxygen atoms in total. The number of ether oxygens (including phenoxy) is 1. The SMILES string of the molecule is C=CCOC(=O)C(C)(C)CC(CSC[Si](C)(OC)OC)C(=O)NC(C)(C)CS(=O)(=O)[O-]. The smallest absolute Gasteiger partial charge is 0.344 e. The van der Waals surface area contributed by atoms with E-state index in [0.29, 0.717) is 11.1 Å². The number of esters is 1. The molecule has 0 radical (unpaired) electrons. The molecule has 1 amide bonds. The lowest BCUT2D eigenvalue weighted by atomic mass is 9.82. The standard InChI is InChI=1S/C19H37NO8S2Si/c1-9-10-28-17(22)18(2,3)11-15(12-29-14-31(8,26-6)27-7)16(21)20-19(4,5)13-30(23,24)25/h9,15H,1,10-14H2,2-8H3,(H,20,21)(H,23,24,25)/p-1. The number of carbonyl (C=O) groups excluding carboxylic acids is 2. The van der Waals surface area contributed by atoms with E-state index in [1.54, 1.807) is 28.1 Å². The topological polar surface area (TPSA) is 131 Å². The zero-order valence-corrected chi connectivity index (χ0v) is 22.1. The fraction of sp³-hybridized carbons (Fsp3) is 0.789. The van der Waals surface area contributed by atoms with E-state index in [9.17, 15) is 22.6 Å². The van der Waals surface area contributed by atoms with Gasteiger partial charge in [0.1, 0.15) is 6.61 Å². The highest BCUT2D eigenvalue weighted by Crippen LogP contribution is 2.30. The predicted molar refractivity (Wildman–Crippen MR) is 123 cm³/mol. The van der Waals surface area contributed by atoms with Gasteiger partial charge in [-0.1, -0.05) is 12.7 Å². The maximum atomic E-state index is 13.0. The van der Waals surface area contributed by atoms with Crippen molar-refractivity contribution in [2.45, 2.75) is 46.2 Å². The summed E-state index contributed by atoms with van der Waals surface area (Å²) in [4.78, 5) is 25.4. The van der Waals surface area contributed by atoms with Crippen molar-refractivity contribution in [3.8, 4) is 0 Å². The molecule has 1 N–H and O–H groups in total. The van der Waals surface area contributed by atoms with Crippen LogP contribution in [0, 0.1) is 11.3 Å². The molecule has 0 aliphatic carbocycles. The van der Waals surface area contributed by atoms with Gasteiger partial charge in [-0.05, 0) is 40.7 Å². The number of hydrogen-bond acceptors (Lipinski definition) is 9. The molecule has 0 saturated heterocycles. The fourth-order valence-corrected chi connectivity index (χ4v) is 7.33. The second-order valence-corrected chi connectivity index (χ2v) is 15.2. The minimum Gasteiger partial charge on any atom is -0.748 e. The van der Waals surface area contributed by atoms with Gasteiger partial charge in [-0.25, -0.2) is 8.42 Å². The summed E-state index contributed by atoms with van der Waals surface area (Å²) < 4.78 is 49.6. The van der Waals surface area contributed by atoms with E-state index in [4.69, 9.17) is 13.6 Å². The lowest BCUT2D eigenvalue weighted by Crippen LogP contribution is -2.51. The molecule has 0 fully saturated rings. The number of nitrogens with one attached hydrogen (secondary N) is 1. The third kappa shape index (κ3) is 12.0. The quantitative estimate of drug-likeness (QED) is 0.155. The Morgan fingerprint density at radius 1 is 1.23 bits per heavy atom. The van der Waals surface area contributed by atoms with Gasteiger partial charge in [-0.3, -0.25) is 9.59 Å². The molecule has 0 bridgehead atoms. The lowest BCUT2D eigenvalue weighted by molar-refractivity contribution is -0.153. The van der Waals surface area contributed by atoms with Gasteiger partial charge in [0.15, 0.2) is 0 Å². The first-order valence-electron chi connectivity index (χ1n) is 9.72. The summed E-state index contributed by atoms with van der Waals surface area (Å²) in [6.07, 6.45) is 1.63. The van der Waals surface area contributed by atoms with Crippen molar-refractivity contribution in [3.63, 3.8) is 0 Å². The van der Waals surface area contributed by atoms with Gasteiger partial charge in [0.05, 0.1) is 21.3 Å². The Balaban J connectivity index is 5.48. The number of thioether (sulfide) groups is 1. The molecule has 0 rings (SSSR count). The van der Waals surface area contributed by atoms with Gasteiger partial charge in [-0.15, -0.1) is 0 Å². The van der Waals surface area contributed by atoms with E-state index in [1.807, 2.05) is 6.55 Å². The van der Waals surface area contributed by atoms with Crippen LogP contribution in [-0.2, 0) is 33.3 Å². The Hall–Kier alpha value is -0.923. The first-order chi connectivity index (χ1) is 14.0. The Bertz CT molecular complexity index is 720. The Kier molecular flexibility index (Phi) is 12.0. The molecule has 31 heavy (non-hydrogen) atoms. The summed E-state index contributed by atoms with van der Waals surface area (Å²) in [6, 6.07) is 0. The van der Waals surface area contributed by atoms with Gasteiger partial charge in [-0.2, -0.15) is 11.8 Å². The molecule has 0 aliphatic rings. The average molecular weight is 499 g/mol. The number of rotatable bonds is 15. The second kappa shape index (κ2) is 12.4. The lowest BCUT2D eigenvalue weighted by Gasteiger charge is -2.32. The summed E-state index contributed by atoms with van der Waals surface area (Å²) in [5.74, 6) is -1.95. The number of hydrogen-bond donors (Lipinski definition) is 1. The largest absolute Gasteiger partial charge is 0.748 e. The Morgan fingerprint density at radius 3 is 2.23 bits per heavy atom. The van der Waals surface area contributed by atoms with Crippen LogP contribution in [0.5, 0.6) is 0 Å². The monoisotopic (exact) mass is 498 g/mol. The molecule has 12 heteroatoms. The molecule has 0 aromatic heterocycles. The van der Waals surface area contributed by atoms with Crippen LogP contribution >= 0.6 is 11.8 Å². The van der Waals surface area contributed by atoms with E-state index in [-0.39, 0.29) is 13.0 Å². The van der Waals surface area contributed by atoms with Crippen molar-refractivity contribution in [1.29, 1.82) is 0 Å². The van der Waals surface area contributed by atoms with E-state index in [0.717, 1.165) is 0 Å². The van der Waals surface area contributed by atoms with Gasteiger partial charge < -0.3 is 23.5 Å². The van der Waals surface area contributed by atoms with Crippen molar-refractivity contribution in [1.82, 2.24) is 5.32 Å². The van der Waals surface area contributed by atoms with Crippen molar-refractivity contribution >= 4 is 42.3 Å². The average Bonchev–Trinajstić information content (AvgIpc) is 2.62. The molecule has 0 spiro atoms. The fourth-order valence-electron chi connectivity index (χ4n) is 2.76. The molecule has 0 saturated carbocycles. The maximum absolute atomic E-state index is 13.0. The Labute approximate surface area is 191 Å². The molecule has 0 heterocycles. The normalized spacial score (nSPS) is 14.1. The van der Waals surface area contributed by atoms with Crippen LogP contribution in [0.1, 0.15) is 34.1 Å². The summed E-state index contributed by atoms with van der Waals surface area (Å²) in [5, 5.41) is 3.20. The van der Waals surface area contributed by atoms with E-state index >= 15 is 0 Å². The Morgan fingerprint density at radius 2 is 1.77 bits per heavy atom. The van der Waals surface area contributed by atoms with Crippen LogP contribution in [0.4, 0.5) is 0 Å². The van der Waals surface area contributed by atoms with Gasteiger partial charge in [0.2, 0.25) is 5.91 Å². The van der Waals surface area contributed by atoms with Gasteiger partial charge >= 0.3 is 14.5 Å². The van der Waals surface area contributed by atoms with E-state index in [2.05, 4.69) is 11.9 Å². The van der Waals surface area contributed by atoms with Crippen LogP contribution in [0.15, 0.2) is 12.7 Å². The molecule has 1 unspecified atom stereocenters. The molecule has 0 aromatic rings. The summed E-state index contributed by atoms with van der Waals surface area (Å²) in [7, 11) is -3.75. The van der Waals surface area contributed by atoms with Crippen LogP contribution < -0.4 is 5.32 Å². The first-order valence-corrected chi connectivity index (χ1v) is 15.0. The molecule has 182 valence electrons. The van der Waals surface area contributed by atoms with E-state index in [1.165, 1.54) is 31.7 Å². The molecule has 0 aromatic carbocycles. The van der Waals surface area contributed by atoms with Crippen LogP contribution in [0.25, 0.3) is 0 Å². The highest BCUT2D eigenvalue weighted by Gasteiger charge is 2.37. The van der Waals surface area contributed by atoms with Crippen LogP contribution in [0.2, 0.25) is 6.55 Å². The number of carbonyl (C=O) groups is 2. The summed E-state index contributed by atoms with van der Waals surface area (Å²) in [5.41, 5.74) is -2.22. The van der Waals surface area contributed by atoms with Crippen molar-refractivity contribution in [2.24, 2.45) is 11.3 Å². The van der Waals surface area contributed by atoms with Crippen LogP contribution in [0.3, 0.4) is 0 Å². The minimum atomic E-state index is -4.54. The van der Waals surface area contributed by atoms with Crippen molar-refractivity contribution in [2.75, 3.05) is 37.7 Å². The van der Waals surface area contributed by atoms with Crippen molar-refractivity contribution in [3.05, 3.63) is 12.7 Å². The van der Waals surface area contributed by atoms with Gasteiger partial charge in [0.25, 0.3) is 0 Å². The summed E-state index contributed by atoms with van der Waals surface area (Å²) >= 11 is 1.46. The number of amides is 1. The zero-order chi connectivity index (χ0) is 24.5. The van der Waals surface area contributed by atoms with E-state index < -0.39 is 53.2 Å². The molecular weight excluding hydrogens is 462 g/mol. The second-order valence-electron chi connectivity index (χ2n) is 8.80. The third-order valence-corrected chi connectivity index (χ3v) is 10.9. The van der Waals surface area contributed by atoms with Crippen molar-refractivity contribution < 1.29 is 36.1 Å². The third-order valence-electron chi connectivity index (χ3n) is 4.56. The highest BCUT2D eigenvalue weighted by atomic mass is 32.2. The van der Waals surface area contributed by atoms with Crippen LogP contribution in [-0.4, -0.2) is 76.7 Å². The molecule has 0 aliphatic heterocycles. The van der Waals surface area contributed by atoms with Gasteiger partial charge in [0, 0.05) is 36.8 Å². The molecular formula is C19H36NO8S2Si-. The zero-order valence-electron chi connectivity index (χ0n) is 19.5. The first kappa shape index (κ1) is 30.1. The summed E-state index contributed by atoms with van der Waals surface area (Å²) in [6.45, 7) is 11.8. The maximum Gasteiger partial charge on any atom is 0.344 e.